The second-order valence-corrected chi connectivity index (χ2v) is 4.38. The molecule has 15 heavy (non-hydrogen) atoms. The van der Waals surface area contributed by atoms with Crippen molar-refractivity contribution in [1.82, 2.24) is 0 Å². The molecule has 1 unspecified atom stereocenters. The van der Waals surface area contributed by atoms with E-state index in [1.165, 1.54) is 19.3 Å². The molecular weight excluding hydrogens is 184 g/mol. The zero-order valence-corrected chi connectivity index (χ0v) is 9.03. The van der Waals surface area contributed by atoms with Crippen LogP contribution in [-0.4, -0.2) is 6.04 Å². The molecule has 0 heterocycles. The van der Waals surface area contributed by atoms with Gasteiger partial charge < -0.3 is 5.32 Å². The van der Waals surface area contributed by atoms with E-state index in [-0.39, 0.29) is 0 Å². The minimum Gasteiger partial charge on any atom is -0.382 e. The number of nitrogens with zero attached hydrogens (tertiary/aromatic N) is 1. The smallest absolute Gasteiger partial charge is 0.101 e. The van der Waals surface area contributed by atoms with E-state index in [2.05, 4.69) is 18.3 Å². The first kappa shape index (κ1) is 10.0. The van der Waals surface area contributed by atoms with Crippen LogP contribution in [0, 0.1) is 17.2 Å². The van der Waals surface area contributed by atoms with E-state index in [0.717, 1.165) is 17.2 Å². The number of nitrogens with one attached hydrogen (secondary N) is 1. The number of benzene rings is 1. The minimum absolute atomic E-state index is 0.465. The van der Waals surface area contributed by atoms with Gasteiger partial charge in [-0.15, -0.1) is 0 Å². The Bertz CT molecular complexity index is 374. The lowest BCUT2D eigenvalue weighted by Crippen LogP contribution is -2.16. The molecule has 1 atom stereocenters. The van der Waals surface area contributed by atoms with Gasteiger partial charge in [-0.1, -0.05) is 25.0 Å². The van der Waals surface area contributed by atoms with Gasteiger partial charge in [0.25, 0.3) is 0 Å². The summed E-state index contributed by atoms with van der Waals surface area (Å²) in [5, 5.41) is 12.3. The van der Waals surface area contributed by atoms with Crippen LogP contribution >= 0.6 is 0 Å². The standard InChI is InChI=1S/C13H16N2/c1-10(8-11-6-7-11)15-13-5-3-2-4-12(13)9-14/h2-5,10-11,15H,6-8H2,1H3. The summed E-state index contributed by atoms with van der Waals surface area (Å²) in [4.78, 5) is 0. The maximum atomic E-state index is 8.94. The fourth-order valence-electron chi connectivity index (χ4n) is 1.88. The maximum Gasteiger partial charge on any atom is 0.101 e. The van der Waals surface area contributed by atoms with Crippen LogP contribution in [0.15, 0.2) is 24.3 Å². The Labute approximate surface area is 90.9 Å². The van der Waals surface area contributed by atoms with Crippen molar-refractivity contribution in [2.24, 2.45) is 5.92 Å². The maximum absolute atomic E-state index is 8.94. The summed E-state index contributed by atoms with van der Waals surface area (Å²) in [6.45, 7) is 2.19. The van der Waals surface area contributed by atoms with Gasteiger partial charge in [-0.2, -0.15) is 5.26 Å². The molecule has 0 aromatic heterocycles. The van der Waals surface area contributed by atoms with Crippen LogP contribution in [-0.2, 0) is 0 Å². The van der Waals surface area contributed by atoms with Gasteiger partial charge in [0, 0.05) is 6.04 Å². The summed E-state index contributed by atoms with van der Waals surface area (Å²) < 4.78 is 0. The van der Waals surface area contributed by atoms with Crippen LogP contribution in [0.4, 0.5) is 5.69 Å². The SMILES string of the molecule is CC(CC1CC1)Nc1ccccc1C#N. The fourth-order valence-corrected chi connectivity index (χ4v) is 1.88. The van der Waals surface area contributed by atoms with Crippen molar-refractivity contribution in [1.29, 1.82) is 5.26 Å². The molecule has 0 bridgehead atoms. The molecule has 2 nitrogen and oxygen atoms in total. The van der Waals surface area contributed by atoms with Gasteiger partial charge in [0.1, 0.15) is 6.07 Å². The first-order chi connectivity index (χ1) is 7.29. The molecule has 0 saturated heterocycles. The quantitative estimate of drug-likeness (QED) is 0.810. The van der Waals surface area contributed by atoms with Crippen molar-refractivity contribution in [3.8, 4) is 6.07 Å². The summed E-state index contributed by atoms with van der Waals surface area (Å²) in [5.41, 5.74) is 1.70. The van der Waals surface area contributed by atoms with E-state index >= 15 is 0 Å². The van der Waals surface area contributed by atoms with E-state index < -0.39 is 0 Å². The van der Waals surface area contributed by atoms with Crippen molar-refractivity contribution < 1.29 is 0 Å². The lowest BCUT2D eigenvalue weighted by Gasteiger charge is -2.15. The zero-order chi connectivity index (χ0) is 10.7. The highest BCUT2D eigenvalue weighted by molar-refractivity contribution is 5.57. The van der Waals surface area contributed by atoms with Crippen LogP contribution in [0.1, 0.15) is 31.7 Å². The predicted molar refractivity (Wildman–Crippen MR) is 61.6 cm³/mol. The summed E-state index contributed by atoms with van der Waals surface area (Å²) in [7, 11) is 0. The number of hydrogen-bond acceptors (Lipinski definition) is 2. The predicted octanol–water partition coefficient (Wildman–Crippen LogP) is 3.16. The molecule has 1 fully saturated rings. The van der Waals surface area contributed by atoms with Gasteiger partial charge >= 0.3 is 0 Å². The van der Waals surface area contributed by atoms with Crippen LogP contribution in [0.25, 0.3) is 0 Å². The van der Waals surface area contributed by atoms with E-state index in [0.29, 0.717) is 6.04 Å². The molecule has 78 valence electrons. The van der Waals surface area contributed by atoms with Crippen molar-refractivity contribution in [3.05, 3.63) is 29.8 Å². The number of rotatable bonds is 4. The first-order valence-corrected chi connectivity index (χ1v) is 5.55. The molecule has 0 aliphatic heterocycles. The number of anilines is 1. The summed E-state index contributed by atoms with van der Waals surface area (Å²) >= 11 is 0. The molecule has 1 saturated carbocycles. The second kappa shape index (κ2) is 4.35. The molecular formula is C13H16N2. The highest BCUT2D eigenvalue weighted by Crippen LogP contribution is 2.34. The second-order valence-electron chi connectivity index (χ2n) is 4.38. The minimum atomic E-state index is 0.465. The van der Waals surface area contributed by atoms with E-state index in [9.17, 15) is 0 Å². The van der Waals surface area contributed by atoms with E-state index in [4.69, 9.17) is 5.26 Å². The first-order valence-electron chi connectivity index (χ1n) is 5.55. The molecule has 1 aromatic carbocycles. The Morgan fingerprint density at radius 3 is 2.87 bits per heavy atom. The van der Waals surface area contributed by atoms with Crippen LogP contribution in [0.3, 0.4) is 0 Å². The molecule has 2 heteroatoms. The zero-order valence-electron chi connectivity index (χ0n) is 9.03. The topological polar surface area (TPSA) is 35.8 Å². The Kier molecular flexibility index (Phi) is 2.91. The molecule has 1 aliphatic rings. The Morgan fingerprint density at radius 2 is 2.20 bits per heavy atom. The van der Waals surface area contributed by atoms with Crippen LogP contribution in [0.2, 0.25) is 0 Å². The van der Waals surface area contributed by atoms with Crippen molar-refractivity contribution in [2.75, 3.05) is 5.32 Å². The lowest BCUT2D eigenvalue weighted by atomic mass is 10.1. The van der Waals surface area contributed by atoms with Crippen LogP contribution in [0.5, 0.6) is 0 Å². The third-order valence-corrected chi connectivity index (χ3v) is 2.83. The summed E-state index contributed by atoms with van der Waals surface area (Å²) in [5.74, 6) is 0.918. The highest BCUT2D eigenvalue weighted by Gasteiger charge is 2.23. The van der Waals surface area contributed by atoms with Crippen LogP contribution < -0.4 is 5.32 Å². The summed E-state index contributed by atoms with van der Waals surface area (Å²) in [6, 6.07) is 10.4. The fraction of sp³-hybridized carbons (Fsp3) is 0.462. The number of hydrogen-bond donors (Lipinski definition) is 1. The lowest BCUT2D eigenvalue weighted by molar-refractivity contribution is 0.642. The van der Waals surface area contributed by atoms with Gasteiger partial charge in [0.2, 0.25) is 0 Å². The third-order valence-electron chi connectivity index (χ3n) is 2.83. The van der Waals surface area contributed by atoms with E-state index in [1.807, 2.05) is 24.3 Å². The van der Waals surface area contributed by atoms with Gasteiger partial charge in [0.05, 0.1) is 11.3 Å². The van der Waals surface area contributed by atoms with E-state index in [1.54, 1.807) is 0 Å². The molecule has 0 radical (unpaired) electrons. The molecule has 2 rings (SSSR count). The molecule has 1 aromatic rings. The molecule has 0 spiro atoms. The number of para-hydroxylation sites is 1. The Hall–Kier alpha value is -1.49. The Balaban J connectivity index is 1.99. The number of nitriles is 1. The molecule has 0 amide bonds. The van der Waals surface area contributed by atoms with Crippen molar-refractivity contribution in [2.45, 2.75) is 32.2 Å². The third kappa shape index (κ3) is 2.73. The Morgan fingerprint density at radius 1 is 1.47 bits per heavy atom. The largest absolute Gasteiger partial charge is 0.382 e. The van der Waals surface area contributed by atoms with Gasteiger partial charge in [-0.05, 0) is 31.4 Å². The van der Waals surface area contributed by atoms with Gasteiger partial charge in [0.15, 0.2) is 0 Å². The normalized spacial score (nSPS) is 16.8. The molecule has 1 N–H and O–H groups in total. The average molecular weight is 200 g/mol. The monoisotopic (exact) mass is 200 g/mol. The highest BCUT2D eigenvalue weighted by atomic mass is 14.9. The van der Waals surface area contributed by atoms with Crippen molar-refractivity contribution >= 4 is 5.69 Å². The molecule has 1 aliphatic carbocycles. The van der Waals surface area contributed by atoms with Crippen molar-refractivity contribution in [3.63, 3.8) is 0 Å². The van der Waals surface area contributed by atoms with Gasteiger partial charge in [-0.3, -0.25) is 0 Å². The van der Waals surface area contributed by atoms with Gasteiger partial charge in [-0.25, -0.2) is 0 Å². The average Bonchev–Trinajstić information content (AvgIpc) is 3.02. The summed E-state index contributed by atoms with van der Waals surface area (Å²) in [6.07, 6.45) is 3.98.